The zero-order valence-electron chi connectivity index (χ0n) is 9.27. The highest BCUT2D eigenvalue weighted by Crippen LogP contribution is 2.34. The highest BCUT2D eigenvalue weighted by molar-refractivity contribution is 7.21. The van der Waals surface area contributed by atoms with Crippen molar-refractivity contribution < 1.29 is 14.7 Å². The van der Waals surface area contributed by atoms with E-state index in [1.165, 1.54) is 6.92 Å². The van der Waals surface area contributed by atoms with Crippen LogP contribution in [-0.2, 0) is 4.79 Å². The van der Waals surface area contributed by atoms with Crippen molar-refractivity contribution in [1.82, 2.24) is 4.98 Å². The molecule has 0 aliphatic heterocycles. The van der Waals surface area contributed by atoms with Gasteiger partial charge in [0.15, 0.2) is 0 Å². The Bertz CT molecular complexity index is 618. The first kappa shape index (κ1) is 11.5. The lowest BCUT2D eigenvalue weighted by atomic mass is 10.2. The van der Waals surface area contributed by atoms with Crippen molar-refractivity contribution >= 4 is 39.1 Å². The first-order valence-electron chi connectivity index (χ1n) is 4.90. The van der Waals surface area contributed by atoms with Gasteiger partial charge in [0.2, 0.25) is 5.91 Å². The van der Waals surface area contributed by atoms with Gasteiger partial charge in [-0.1, -0.05) is 0 Å². The Hall–Kier alpha value is -1.95. The summed E-state index contributed by atoms with van der Waals surface area (Å²) in [5.74, 6) is -1.36. The van der Waals surface area contributed by atoms with Crippen molar-refractivity contribution in [3.05, 3.63) is 22.7 Å². The molecule has 2 N–H and O–H groups in total. The molecule has 0 saturated carbocycles. The average molecular weight is 250 g/mol. The van der Waals surface area contributed by atoms with Crippen LogP contribution in [0.4, 0.5) is 5.69 Å². The summed E-state index contributed by atoms with van der Waals surface area (Å²) in [5.41, 5.74) is 1.14. The minimum Gasteiger partial charge on any atom is -0.477 e. The van der Waals surface area contributed by atoms with E-state index < -0.39 is 5.97 Å². The third kappa shape index (κ3) is 2.12. The lowest BCUT2D eigenvalue weighted by Crippen LogP contribution is -2.08. The first-order chi connectivity index (χ1) is 7.99. The van der Waals surface area contributed by atoms with Crippen molar-refractivity contribution in [2.45, 2.75) is 13.8 Å². The standard InChI is InChI=1S/C11H10N2O3S/c1-5-3-4-7-8(13-6(2)14)9(11(15)16)17-10(7)12-5/h3-4H,1-2H3,(H,13,14)(H,15,16). The monoisotopic (exact) mass is 250 g/mol. The molecule has 0 spiro atoms. The van der Waals surface area contributed by atoms with Crippen molar-refractivity contribution in [2.75, 3.05) is 5.32 Å². The number of carboxylic acids is 1. The second kappa shape index (κ2) is 4.14. The number of hydrogen-bond donors (Lipinski definition) is 2. The van der Waals surface area contributed by atoms with Crippen LogP contribution in [0.25, 0.3) is 10.2 Å². The summed E-state index contributed by atoms with van der Waals surface area (Å²) in [4.78, 5) is 27.1. The van der Waals surface area contributed by atoms with Crippen molar-refractivity contribution in [3.63, 3.8) is 0 Å². The number of hydrogen-bond acceptors (Lipinski definition) is 4. The van der Waals surface area contributed by atoms with Gasteiger partial charge in [-0.2, -0.15) is 0 Å². The Labute approximate surface area is 101 Å². The number of aryl methyl sites for hydroxylation is 1. The molecule has 2 rings (SSSR count). The van der Waals surface area contributed by atoms with E-state index in [1.807, 2.05) is 6.92 Å². The van der Waals surface area contributed by atoms with E-state index in [4.69, 9.17) is 5.11 Å². The molecule has 0 aliphatic rings. The minimum absolute atomic E-state index is 0.105. The third-order valence-corrected chi connectivity index (χ3v) is 3.28. The number of amides is 1. The third-order valence-electron chi connectivity index (χ3n) is 2.19. The van der Waals surface area contributed by atoms with Gasteiger partial charge in [-0.15, -0.1) is 11.3 Å². The van der Waals surface area contributed by atoms with Crippen LogP contribution in [0.2, 0.25) is 0 Å². The number of carbonyl (C=O) groups is 2. The molecule has 0 aliphatic carbocycles. The number of nitrogens with zero attached hydrogens (tertiary/aromatic N) is 1. The molecule has 0 unspecified atom stereocenters. The normalized spacial score (nSPS) is 10.5. The van der Waals surface area contributed by atoms with E-state index >= 15 is 0 Å². The van der Waals surface area contributed by atoms with Gasteiger partial charge in [-0.05, 0) is 19.1 Å². The molecule has 0 fully saturated rings. The van der Waals surface area contributed by atoms with E-state index in [-0.39, 0.29) is 10.8 Å². The van der Waals surface area contributed by atoms with Crippen LogP contribution in [0, 0.1) is 6.92 Å². The van der Waals surface area contributed by atoms with Gasteiger partial charge in [-0.3, -0.25) is 4.79 Å². The lowest BCUT2D eigenvalue weighted by Gasteiger charge is -2.01. The smallest absolute Gasteiger partial charge is 0.348 e. The summed E-state index contributed by atoms with van der Waals surface area (Å²) in [6, 6.07) is 3.55. The first-order valence-corrected chi connectivity index (χ1v) is 5.71. The predicted molar refractivity (Wildman–Crippen MR) is 65.6 cm³/mol. The van der Waals surface area contributed by atoms with Crippen LogP contribution < -0.4 is 5.32 Å². The molecule has 6 heteroatoms. The maximum atomic E-state index is 11.1. The molecule has 17 heavy (non-hydrogen) atoms. The van der Waals surface area contributed by atoms with Gasteiger partial charge < -0.3 is 10.4 Å². The topological polar surface area (TPSA) is 79.3 Å². The second-order valence-electron chi connectivity index (χ2n) is 3.60. The SMILES string of the molecule is CC(=O)Nc1c(C(=O)O)sc2nc(C)ccc12. The second-order valence-corrected chi connectivity index (χ2v) is 4.60. The highest BCUT2D eigenvalue weighted by atomic mass is 32.1. The van der Waals surface area contributed by atoms with Gasteiger partial charge in [-0.25, -0.2) is 9.78 Å². The van der Waals surface area contributed by atoms with E-state index in [0.29, 0.717) is 15.9 Å². The molecule has 0 radical (unpaired) electrons. The summed E-state index contributed by atoms with van der Waals surface area (Å²) < 4.78 is 0. The van der Waals surface area contributed by atoms with Crippen molar-refractivity contribution in [1.29, 1.82) is 0 Å². The Kier molecular flexibility index (Phi) is 2.81. The minimum atomic E-state index is -1.06. The number of carbonyl (C=O) groups excluding carboxylic acids is 1. The number of rotatable bonds is 2. The van der Waals surface area contributed by atoms with Gasteiger partial charge >= 0.3 is 5.97 Å². The fourth-order valence-electron chi connectivity index (χ4n) is 1.52. The summed E-state index contributed by atoms with van der Waals surface area (Å²) in [7, 11) is 0. The number of aromatic carboxylic acids is 1. The van der Waals surface area contributed by atoms with E-state index in [2.05, 4.69) is 10.3 Å². The Morgan fingerprint density at radius 3 is 2.71 bits per heavy atom. The summed E-state index contributed by atoms with van der Waals surface area (Å²) in [5, 5.41) is 12.3. The maximum Gasteiger partial charge on any atom is 0.348 e. The van der Waals surface area contributed by atoms with Gasteiger partial charge in [0, 0.05) is 18.0 Å². The van der Waals surface area contributed by atoms with E-state index in [0.717, 1.165) is 17.0 Å². The molecule has 0 atom stereocenters. The van der Waals surface area contributed by atoms with E-state index in [9.17, 15) is 9.59 Å². The Balaban J connectivity index is 2.71. The van der Waals surface area contributed by atoms with Crippen LogP contribution >= 0.6 is 11.3 Å². The van der Waals surface area contributed by atoms with Gasteiger partial charge in [0.25, 0.3) is 0 Å². The number of thiophene rings is 1. The number of fused-ring (bicyclic) bond motifs is 1. The largest absolute Gasteiger partial charge is 0.477 e. The number of aromatic nitrogens is 1. The molecular weight excluding hydrogens is 240 g/mol. The number of pyridine rings is 1. The molecule has 0 saturated heterocycles. The lowest BCUT2D eigenvalue weighted by molar-refractivity contribution is -0.114. The van der Waals surface area contributed by atoms with Gasteiger partial charge in [0.05, 0.1) is 5.69 Å². The molecule has 0 bridgehead atoms. The van der Waals surface area contributed by atoms with Crippen LogP contribution in [0.1, 0.15) is 22.3 Å². The van der Waals surface area contributed by atoms with Crippen LogP contribution in [-0.4, -0.2) is 22.0 Å². The quantitative estimate of drug-likeness (QED) is 0.856. The number of carboxylic acid groups (broad SMARTS) is 1. The molecular formula is C11H10N2O3S. The number of anilines is 1. The zero-order valence-corrected chi connectivity index (χ0v) is 10.1. The van der Waals surface area contributed by atoms with Crippen LogP contribution in [0.15, 0.2) is 12.1 Å². The summed E-state index contributed by atoms with van der Waals surface area (Å²) >= 11 is 1.06. The summed E-state index contributed by atoms with van der Waals surface area (Å²) in [6.07, 6.45) is 0. The zero-order chi connectivity index (χ0) is 12.6. The highest BCUT2D eigenvalue weighted by Gasteiger charge is 2.19. The molecule has 88 valence electrons. The van der Waals surface area contributed by atoms with Crippen LogP contribution in [0.5, 0.6) is 0 Å². The van der Waals surface area contributed by atoms with Crippen LogP contribution in [0.3, 0.4) is 0 Å². The van der Waals surface area contributed by atoms with Gasteiger partial charge in [0.1, 0.15) is 9.71 Å². The summed E-state index contributed by atoms with van der Waals surface area (Å²) in [6.45, 7) is 3.18. The molecule has 5 nitrogen and oxygen atoms in total. The fourth-order valence-corrected chi connectivity index (χ4v) is 2.54. The van der Waals surface area contributed by atoms with E-state index in [1.54, 1.807) is 12.1 Å². The predicted octanol–water partition coefficient (Wildman–Crippen LogP) is 2.26. The van der Waals surface area contributed by atoms with Crippen molar-refractivity contribution in [3.8, 4) is 0 Å². The maximum absolute atomic E-state index is 11.1. The molecule has 2 aromatic rings. The molecule has 0 aromatic carbocycles. The van der Waals surface area contributed by atoms with Crippen molar-refractivity contribution in [2.24, 2.45) is 0 Å². The fraction of sp³-hybridized carbons (Fsp3) is 0.182. The average Bonchev–Trinajstić information content (AvgIpc) is 2.55. The molecule has 2 aromatic heterocycles. The molecule has 1 amide bonds. The Morgan fingerprint density at radius 1 is 1.41 bits per heavy atom. The molecule has 2 heterocycles. The Morgan fingerprint density at radius 2 is 2.12 bits per heavy atom. The number of nitrogens with one attached hydrogen (secondary N) is 1.